The summed E-state index contributed by atoms with van der Waals surface area (Å²) in [7, 11) is 0. The Bertz CT molecular complexity index is 544. The fourth-order valence-electron chi connectivity index (χ4n) is 1.41. The minimum absolute atomic E-state index is 0.0736. The number of hydrogen-bond acceptors (Lipinski definition) is 3. The number of carbonyl (C=O) groups is 1. The molecule has 1 aromatic heterocycles. The SMILES string of the molecule is CCOc1cc2oc(C(=O)O)cc2cc1Br. The van der Waals surface area contributed by atoms with Gasteiger partial charge in [0.1, 0.15) is 11.3 Å². The van der Waals surface area contributed by atoms with E-state index >= 15 is 0 Å². The molecule has 0 aliphatic heterocycles. The lowest BCUT2D eigenvalue weighted by Crippen LogP contribution is -1.91. The first-order valence-corrected chi connectivity index (χ1v) is 5.50. The van der Waals surface area contributed by atoms with Gasteiger partial charge in [0, 0.05) is 11.5 Å². The van der Waals surface area contributed by atoms with Crippen LogP contribution in [0.15, 0.2) is 27.1 Å². The van der Waals surface area contributed by atoms with Crippen molar-refractivity contribution in [1.29, 1.82) is 0 Å². The van der Waals surface area contributed by atoms with Gasteiger partial charge >= 0.3 is 5.97 Å². The van der Waals surface area contributed by atoms with Gasteiger partial charge in [0.25, 0.3) is 0 Å². The maximum absolute atomic E-state index is 10.7. The molecule has 84 valence electrons. The summed E-state index contributed by atoms with van der Waals surface area (Å²) in [5.74, 6) is -0.512. The summed E-state index contributed by atoms with van der Waals surface area (Å²) in [6.45, 7) is 2.41. The molecule has 0 aliphatic carbocycles. The number of fused-ring (bicyclic) bond motifs is 1. The fraction of sp³-hybridized carbons (Fsp3) is 0.182. The van der Waals surface area contributed by atoms with E-state index in [4.69, 9.17) is 14.3 Å². The van der Waals surface area contributed by atoms with Crippen molar-refractivity contribution in [3.63, 3.8) is 0 Å². The van der Waals surface area contributed by atoms with Crippen LogP contribution < -0.4 is 4.74 Å². The molecule has 0 bridgehead atoms. The lowest BCUT2D eigenvalue weighted by molar-refractivity contribution is 0.0665. The van der Waals surface area contributed by atoms with Gasteiger partial charge in [-0.1, -0.05) is 0 Å². The molecule has 0 fully saturated rings. The molecule has 2 rings (SSSR count). The molecular weight excluding hydrogens is 276 g/mol. The van der Waals surface area contributed by atoms with Gasteiger partial charge in [-0.25, -0.2) is 4.79 Å². The summed E-state index contributed by atoms with van der Waals surface area (Å²) in [5, 5.41) is 9.52. The van der Waals surface area contributed by atoms with Gasteiger partial charge in [-0.15, -0.1) is 0 Å². The third kappa shape index (κ3) is 1.90. The van der Waals surface area contributed by atoms with Crippen molar-refractivity contribution in [2.24, 2.45) is 0 Å². The van der Waals surface area contributed by atoms with Crippen molar-refractivity contribution in [3.8, 4) is 5.75 Å². The fourth-order valence-corrected chi connectivity index (χ4v) is 1.89. The van der Waals surface area contributed by atoms with Crippen LogP contribution in [-0.2, 0) is 0 Å². The summed E-state index contributed by atoms with van der Waals surface area (Å²) >= 11 is 3.35. The molecule has 0 saturated carbocycles. The highest BCUT2D eigenvalue weighted by Gasteiger charge is 2.12. The van der Waals surface area contributed by atoms with E-state index in [-0.39, 0.29) is 5.76 Å². The standard InChI is InChI=1S/C11H9BrO4/c1-2-15-9-5-8-6(3-7(9)12)4-10(16-8)11(13)14/h3-5H,2H2,1H3,(H,13,14). The number of furan rings is 1. The third-order valence-corrected chi connectivity index (χ3v) is 2.70. The van der Waals surface area contributed by atoms with Crippen molar-refractivity contribution in [1.82, 2.24) is 0 Å². The van der Waals surface area contributed by atoms with Gasteiger partial charge in [-0.2, -0.15) is 0 Å². The van der Waals surface area contributed by atoms with E-state index in [9.17, 15) is 4.79 Å². The number of ether oxygens (including phenoxy) is 1. The molecule has 2 aromatic rings. The summed E-state index contributed by atoms with van der Waals surface area (Å²) < 4.78 is 11.3. The van der Waals surface area contributed by atoms with Crippen molar-refractivity contribution >= 4 is 32.9 Å². The van der Waals surface area contributed by atoms with Crippen LogP contribution in [0.1, 0.15) is 17.5 Å². The molecule has 1 aromatic carbocycles. The largest absolute Gasteiger partial charge is 0.493 e. The first-order chi connectivity index (χ1) is 7.61. The monoisotopic (exact) mass is 284 g/mol. The van der Waals surface area contributed by atoms with Gasteiger partial charge in [0.15, 0.2) is 0 Å². The van der Waals surface area contributed by atoms with Crippen LogP contribution in [0.2, 0.25) is 0 Å². The van der Waals surface area contributed by atoms with Crippen molar-refractivity contribution < 1.29 is 19.1 Å². The van der Waals surface area contributed by atoms with Crippen LogP contribution in [0, 0.1) is 0 Å². The van der Waals surface area contributed by atoms with Crippen molar-refractivity contribution in [2.45, 2.75) is 6.92 Å². The molecule has 0 unspecified atom stereocenters. The van der Waals surface area contributed by atoms with E-state index in [0.29, 0.717) is 17.9 Å². The van der Waals surface area contributed by atoms with Gasteiger partial charge in [0.05, 0.1) is 11.1 Å². The Morgan fingerprint density at radius 2 is 2.25 bits per heavy atom. The number of carboxylic acid groups (broad SMARTS) is 1. The van der Waals surface area contributed by atoms with E-state index < -0.39 is 5.97 Å². The van der Waals surface area contributed by atoms with E-state index in [1.54, 1.807) is 12.1 Å². The molecule has 5 heteroatoms. The van der Waals surface area contributed by atoms with E-state index in [2.05, 4.69) is 15.9 Å². The number of rotatable bonds is 3. The van der Waals surface area contributed by atoms with Crippen LogP contribution in [0.25, 0.3) is 11.0 Å². The molecule has 1 heterocycles. The lowest BCUT2D eigenvalue weighted by Gasteiger charge is -2.04. The Hall–Kier alpha value is -1.49. The molecule has 0 spiro atoms. The summed E-state index contributed by atoms with van der Waals surface area (Å²) in [4.78, 5) is 10.7. The maximum Gasteiger partial charge on any atom is 0.371 e. The second-order valence-electron chi connectivity index (χ2n) is 3.17. The number of carboxylic acids is 1. The molecule has 0 saturated heterocycles. The number of hydrogen-bond donors (Lipinski definition) is 1. The van der Waals surface area contributed by atoms with Gasteiger partial charge in [-0.05, 0) is 35.0 Å². The quantitative estimate of drug-likeness (QED) is 0.940. The van der Waals surface area contributed by atoms with Crippen LogP contribution in [0.5, 0.6) is 5.75 Å². The number of aromatic carboxylic acids is 1. The highest BCUT2D eigenvalue weighted by Crippen LogP contribution is 2.32. The van der Waals surface area contributed by atoms with E-state index in [0.717, 1.165) is 9.86 Å². The number of halogens is 1. The van der Waals surface area contributed by atoms with Crippen molar-refractivity contribution in [2.75, 3.05) is 6.61 Å². The molecule has 0 aliphatic rings. The normalized spacial score (nSPS) is 10.6. The van der Waals surface area contributed by atoms with E-state index in [1.807, 2.05) is 6.92 Å². The predicted molar refractivity (Wildman–Crippen MR) is 62.0 cm³/mol. The molecule has 16 heavy (non-hydrogen) atoms. The predicted octanol–water partition coefficient (Wildman–Crippen LogP) is 3.29. The van der Waals surface area contributed by atoms with Crippen LogP contribution in [-0.4, -0.2) is 17.7 Å². The summed E-state index contributed by atoms with van der Waals surface area (Å²) in [6, 6.07) is 4.93. The smallest absolute Gasteiger partial charge is 0.371 e. The highest BCUT2D eigenvalue weighted by molar-refractivity contribution is 9.10. The average molecular weight is 285 g/mol. The Labute approximate surface area is 99.9 Å². The minimum atomic E-state index is -1.08. The molecule has 4 nitrogen and oxygen atoms in total. The van der Waals surface area contributed by atoms with Crippen LogP contribution in [0.4, 0.5) is 0 Å². The first kappa shape index (κ1) is 11.0. The van der Waals surface area contributed by atoms with Crippen LogP contribution >= 0.6 is 15.9 Å². The molecule has 0 radical (unpaired) electrons. The topological polar surface area (TPSA) is 59.7 Å². The molecule has 0 amide bonds. The minimum Gasteiger partial charge on any atom is -0.493 e. The van der Waals surface area contributed by atoms with Crippen molar-refractivity contribution in [3.05, 3.63) is 28.4 Å². The second kappa shape index (κ2) is 4.17. The average Bonchev–Trinajstić information content (AvgIpc) is 2.61. The summed E-state index contributed by atoms with van der Waals surface area (Å²) in [6.07, 6.45) is 0. The van der Waals surface area contributed by atoms with Gasteiger partial charge < -0.3 is 14.3 Å². The maximum atomic E-state index is 10.7. The van der Waals surface area contributed by atoms with Crippen LogP contribution in [0.3, 0.4) is 0 Å². The van der Waals surface area contributed by atoms with Gasteiger partial charge in [0.2, 0.25) is 5.76 Å². The Balaban J connectivity index is 2.56. The molecular formula is C11H9BrO4. The van der Waals surface area contributed by atoms with Gasteiger partial charge in [-0.3, -0.25) is 0 Å². The summed E-state index contributed by atoms with van der Waals surface area (Å²) in [5.41, 5.74) is 0.504. The Morgan fingerprint density at radius 1 is 1.50 bits per heavy atom. The lowest BCUT2D eigenvalue weighted by atomic mass is 10.2. The Kier molecular flexibility index (Phi) is 2.87. The zero-order valence-electron chi connectivity index (χ0n) is 8.49. The zero-order chi connectivity index (χ0) is 11.7. The Morgan fingerprint density at radius 3 is 2.88 bits per heavy atom. The zero-order valence-corrected chi connectivity index (χ0v) is 10.1. The molecule has 0 atom stereocenters. The highest BCUT2D eigenvalue weighted by atomic mass is 79.9. The molecule has 1 N–H and O–H groups in total. The second-order valence-corrected chi connectivity index (χ2v) is 4.02. The van der Waals surface area contributed by atoms with E-state index in [1.165, 1.54) is 6.07 Å². The number of benzene rings is 1. The first-order valence-electron chi connectivity index (χ1n) is 4.71. The third-order valence-electron chi connectivity index (χ3n) is 2.08.